The number of thiophene rings is 4. The zero-order chi connectivity index (χ0) is 26.5. The molecular formula is C30H12Cl2N2O2S4. The third-order valence-electron chi connectivity index (χ3n) is 6.90. The number of benzene rings is 3. The lowest BCUT2D eigenvalue weighted by Gasteiger charge is -2.21. The Balaban J connectivity index is 1.14. The summed E-state index contributed by atoms with van der Waals surface area (Å²) in [4.78, 5) is 12.0. The molecule has 0 spiro atoms. The second-order valence-corrected chi connectivity index (χ2v) is 14.1. The molecule has 7 aromatic rings. The fourth-order valence-corrected chi connectivity index (χ4v) is 9.69. The Morgan fingerprint density at radius 1 is 0.550 bits per heavy atom. The van der Waals surface area contributed by atoms with Crippen LogP contribution in [0.15, 0.2) is 81.4 Å². The van der Waals surface area contributed by atoms with Gasteiger partial charge in [-0.2, -0.15) is 0 Å². The first-order valence-corrected chi connectivity index (χ1v) is 16.3. The lowest BCUT2D eigenvalue weighted by Crippen LogP contribution is -2.22. The van der Waals surface area contributed by atoms with Crippen molar-refractivity contribution in [3.05, 3.63) is 92.2 Å². The summed E-state index contributed by atoms with van der Waals surface area (Å²) in [7, 11) is 0. The van der Waals surface area contributed by atoms with E-state index in [-0.39, 0.29) is 0 Å². The third kappa shape index (κ3) is 3.48. The summed E-state index contributed by atoms with van der Waals surface area (Å²) >= 11 is 20.8. The fraction of sp³-hybridized carbons (Fsp3) is 0. The monoisotopic (exact) mass is 630 g/mol. The van der Waals surface area contributed by atoms with Crippen molar-refractivity contribution in [3.8, 4) is 43.9 Å². The molecule has 0 unspecified atom stereocenters. The minimum absolute atomic E-state index is 0.319. The first-order chi connectivity index (χ1) is 19.6. The van der Waals surface area contributed by atoms with Gasteiger partial charge in [0.15, 0.2) is 23.0 Å². The Kier molecular flexibility index (Phi) is 5.06. The Hall–Kier alpha value is -3.24. The molecule has 0 atom stereocenters. The Labute approximate surface area is 252 Å². The molecule has 0 aliphatic carbocycles. The summed E-state index contributed by atoms with van der Waals surface area (Å²) < 4.78 is 17.8. The minimum Gasteiger partial charge on any atom is -0.451 e. The highest BCUT2D eigenvalue weighted by Crippen LogP contribution is 2.46. The van der Waals surface area contributed by atoms with E-state index < -0.39 is 0 Å². The van der Waals surface area contributed by atoms with Crippen LogP contribution in [-0.2, 0) is 0 Å². The van der Waals surface area contributed by atoms with Crippen LogP contribution in [0.5, 0.6) is 23.0 Å². The van der Waals surface area contributed by atoms with E-state index in [0.717, 1.165) is 11.1 Å². The van der Waals surface area contributed by atoms with Crippen LogP contribution in [0, 0.1) is 0 Å². The minimum atomic E-state index is 0.319. The van der Waals surface area contributed by atoms with Gasteiger partial charge >= 0.3 is 0 Å². The van der Waals surface area contributed by atoms with E-state index >= 15 is 0 Å². The van der Waals surface area contributed by atoms with Gasteiger partial charge in [-0.05, 0) is 70.4 Å². The van der Waals surface area contributed by atoms with Crippen LogP contribution in [0.3, 0.4) is 0 Å². The fourth-order valence-electron chi connectivity index (χ4n) is 4.97. The number of hydrogen-bond donors (Lipinski definition) is 0. The Morgan fingerprint density at radius 2 is 1.02 bits per heavy atom. The van der Waals surface area contributed by atoms with E-state index in [0.29, 0.717) is 55.1 Å². The summed E-state index contributed by atoms with van der Waals surface area (Å²) in [5.74, 6) is 2.01. The largest absolute Gasteiger partial charge is 0.451 e. The molecule has 0 N–H and O–H groups in total. The molecule has 0 saturated heterocycles. The van der Waals surface area contributed by atoms with Crippen molar-refractivity contribution in [3.63, 3.8) is 0 Å². The van der Waals surface area contributed by atoms with Gasteiger partial charge in [-0.25, -0.2) is 9.98 Å². The Bertz CT molecular complexity index is 2110. The van der Waals surface area contributed by atoms with Gasteiger partial charge in [0.05, 0.1) is 0 Å². The quantitative estimate of drug-likeness (QED) is 0.191. The van der Waals surface area contributed by atoms with Gasteiger partial charge < -0.3 is 9.47 Å². The molecule has 4 nitrogen and oxygen atoms in total. The number of nitrogens with zero attached hydrogens (tertiary/aromatic N) is 2. The van der Waals surface area contributed by atoms with Gasteiger partial charge in [0.1, 0.15) is 32.1 Å². The van der Waals surface area contributed by atoms with Gasteiger partial charge in [-0.1, -0.05) is 35.3 Å². The first kappa shape index (κ1) is 23.5. The average Bonchev–Trinajstić information content (AvgIpc) is 3.75. The molecule has 192 valence electrons. The smallest absolute Gasteiger partial charge is 0.175 e. The molecule has 2 aliphatic rings. The summed E-state index contributed by atoms with van der Waals surface area (Å²) in [6.45, 7) is 0. The van der Waals surface area contributed by atoms with Gasteiger partial charge in [0.25, 0.3) is 0 Å². The third-order valence-corrected chi connectivity index (χ3v) is 11.9. The van der Waals surface area contributed by atoms with E-state index in [4.69, 9.17) is 42.7 Å². The molecule has 6 heterocycles. The lowest BCUT2D eigenvalue weighted by atomic mass is 10.1. The molecule has 3 aromatic carbocycles. The van der Waals surface area contributed by atoms with Crippen LogP contribution < -0.4 is 20.2 Å². The topological polar surface area (TPSA) is 43.2 Å². The number of halogens is 2. The van der Waals surface area contributed by atoms with Crippen molar-refractivity contribution in [2.24, 2.45) is 9.98 Å². The molecule has 9 rings (SSSR count). The van der Waals surface area contributed by atoms with Crippen LogP contribution in [-0.4, -0.2) is 0 Å². The van der Waals surface area contributed by atoms with Crippen molar-refractivity contribution in [1.82, 2.24) is 0 Å². The summed E-state index contributed by atoms with van der Waals surface area (Å²) in [5, 5.41) is 5.74. The second kappa shape index (κ2) is 8.63. The van der Waals surface area contributed by atoms with E-state index in [1.807, 2.05) is 24.3 Å². The number of fused-ring (bicyclic) bond motifs is 6. The zero-order valence-corrected chi connectivity index (χ0v) is 24.8. The van der Waals surface area contributed by atoms with Crippen LogP contribution in [0.4, 0.5) is 11.4 Å². The highest BCUT2D eigenvalue weighted by molar-refractivity contribution is 7.29. The summed E-state index contributed by atoms with van der Waals surface area (Å²) in [6, 6.07) is 20.7. The van der Waals surface area contributed by atoms with Crippen molar-refractivity contribution < 1.29 is 9.47 Å². The van der Waals surface area contributed by atoms with Crippen LogP contribution >= 0.6 is 68.5 Å². The molecule has 10 heteroatoms. The summed E-state index contributed by atoms with van der Waals surface area (Å²) in [6.07, 6.45) is 0. The van der Waals surface area contributed by atoms with Crippen molar-refractivity contribution in [1.29, 1.82) is 0 Å². The van der Waals surface area contributed by atoms with Crippen molar-refractivity contribution in [2.45, 2.75) is 0 Å². The molecule has 40 heavy (non-hydrogen) atoms. The molecule has 0 fully saturated rings. The lowest BCUT2D eigenvalue weighted by molar-refractivity contribution is 0.451. The molecule has 0 bridgehead atoms. The van der Waals surface area contributed by atoms with Gasteiger partial charge in [0.2, 0.25) is 0 Å². The maximum absolute atomic E-state index is 6.89. The Morgan fingerprint density at radius 3 is 1.48 bits per heavy atom. The molecule has 4 aromatic heterocycles. The van der Waals surface area contributed by atoms with Gasteiger partial charge in [0, 0.05) is 28.6 Å². The molecule has 0 saturated carbocycles. The van der Waals surface area contributed by atoms with Crippen LogP contribution in [0.2, 0.25) is 10.0 Å². The molecule has 2 aliphatic heterocycles. The standard InChI is InChI=1S/C30H12Cl2N2O2S4/c31-25-27-29(35-17-9-13(1-3-15(17)33-27)21-11-23-19(39-21)5-7-37-23)26(32)28-30(25)36-18-10-14(2-4-16(18)34-28)22-12-24-20(40-22)6-8-38-24/h1-12H. The van der Waals surface area contributed by atoms with Crippen molar-refractivity contribution >= 4 is 98.7 Å². The molecule has 0 amide bonds. The van der Waals surface area contributed by atoms with Crippen LogP contribution in [0.1, 0.15) is 0 Å². The van der Waals surface area contributed by atoms with E-state index in [9.17, 15) is 0 Å². The SMILES string of the molecule is Clc1c2c(c(Cl)c3c1=Nc1ccc(-c4cc5sccc5s4)cc1O3)=Nc1ccc(-c3cc4sccc4s3)cc1O2. The van der Waals surface area contributed by atoms with E-state index in [2.05, 4.69) is 47.2 Å². The zero-order valence-electron chi connectivity index (χ0n) is 20.0. The molecule has 0 radical (unpaired) electrons. The predicted octanol–water partition coefficient (Wildman–Crippen LogP) is 11.0. The van der Waals surface area contributed by atoms with E-state index in [1.54, 1.807) is 45.3 Å². The highest BCUT2D eigenvalue weighted by Gasteiger charge is 2.27. The second-order valence-electron chi connectivity index (χ2n) is 9.30. The maximum atomic E-state index is 6.89. The highest BCUT2D eigenvalue weighted by atomic mass is 35.5. The summed E-state index contributed by atoms with van der Waals surface area (Å²) in [5.41, 5.74) is 3.49. The number of ether oxygens (including phenoxy) is 2. The maximum Gasteiger partial charge on any atom is 0.175 e. The molecular weight excluding hydrogens is 620 g/mol. The number of rotatable bonds is 2. The normalized spacial score (nSPS) is 13.1. The van der Waals surface area contributed by atoms with E-state index in [1.165, 1.54) is 28.6 Å². The van der Waals surface area contributed by atoms with Gasteiger partial charge in [-0.15, -0.1) is 45.3 Å². The van der Waals surface area contributed by atoms with Gasteiger partial charge in [-0.3, -0.25) is 0 Å². The van der Waals surface area contributed by atoms with Crippen molar-refractivity contribution in [2.75, 3.05) is 0 Å². The average molecular weight is 632 g/mol. The first-order valence-electron chi connectivity index (χ1n) is 12.2. The predicted molar refractivity (Wildman–Crippen MR) is 169 cm³/mol. The van der Waals surface area contributed by atoms with Crippen LogP contribution in [0.25, 0.3) is 39.7 Å². The number of hydrogen-bond acceptors (Lipinski definition) is 8.